The Kier molecular flexibility index (Phi) is 4.84. The van der Waals surface area contributed by atoms with Crippen molar-refractivity contribution in [1.29, 1.82) is 0 Å². The molecule has 3 nitrogen and oxygen atoms in total. The van der Waals surface area contributed by atoms with Crippen molar-refractivity contribution in [3.8, 4) is 5.75 Å². The van der Waals surface area contributed by atoms with Crippen LogP contribution in [0.15, 0.2) is 24.3 Å². The molecule has 0 saturated carbocycles. The van der Waals surface area contributed by atoms with Crippen LogP contribution in [0.2, 0.25) is 0 Å². The van der Waals surface area contributed by atoms with E-state index in [4.69, 9.17) is 9.31 Å². The number of aromatic hydroxyl groups is 1. The highest BCUT2D eigenvalue weighted by molar-refractivity contribution is 6.61. The van der Waals surface area contributed by atoms with E-state index in [9.17, 15) is 5.11 Å². The zero-order chi connectivity index (χ0) is 12.1. The van der Waals surface area contributed by atoms with Gasteiger partial charge in [0.05, 0.1) is 0 Å². The summed E-state index contributed by atoms with van der Waals surface area (Å²) in [5.74, 6) is 0.247. The van der Waals surface area contributed by atoms with Crippen LogP contribution in [-0.2, 0) is 9.31 Å². The third-order valence-corrected chi connectivity index (χ3v) is 1.96. The van der Waals surface area contributed by atoms with Gasteiger partial charge in [0, 0.05) is 12.2 Å². The monoisotopic (exact) mass is 222 g/mol. The van der Waals surface area contributed by atoms with E-state index < -0.39 is 0 Å². The largest absolute Gasteiger partial charge is 0.508 e. The SMILES string of the molecule is CC(C)OB(OC(C)C)c1ccc(O)cc1. The smallest absolute Gasteiger partial charge is 0.494 e. The Labute approximate surface area is 97.5 Å². The van der Waals surface area contributed by atoms with Gasteiger partial charge >= 0.3 is 7.12 Å². The van der Waals surface area contributed by atoms with Crippen LogP contribution >= 0.6 is 0 Å². The molecule has 1 rings (SSSR count). The second-order valence-corrected chi connectivity index (χ2v) is 4.29. The minimum Gasteiger partial charge on any atom is -0.508 e. The van der Waals surface area contributed by atoms with Gasteiger partial charge in [0.25, 0.3) is 0 Å². The fourth-order valence-electron chi connectivity index (χ4n) is 1.32. The van der Waals surface area contributed by atoms with Gasteiger partial charge < -0.3 is 14.4 Å². The normalized spacial score (nSPS) is 11.1. The van der Waals surface area contributed by atoms with Crippen LogP contribution in [0.5, 0.6) is 5.75 Å². The Morgan fingerprint density at radius 3 is 1.75 bits per heavy atom. The summed E-state index contributed by atoms with van der Waals surface area (Å²) in [6.07, 6.45) is 0.190. The highest BCUT2D eigenvalue weighted by atomic mass is 16.6. The predicted molar refractivity (Wildman–Crippen MR) is 65.9 cm³/mol. The zero-order valence-electron chi connectivity index (χ0n) is 10.3. The average Bonchev–Trinajstić information content (AvgIpc) is 2.16. The Bertz CT molecular complexity index is 299. The molecule has 0 radical (unpaired) electrons. The van der Waals surface area contributed by atoms with E-state index in [2.05, 4.69) is 0 Å². The lowest BCUT2D eigenvalue weighted by Gasteiger charge is -2.19. The van der Waals surface area contributed by atoms with Gasteiger partial charge in [0.2, 0.25) is 0 Å². The van der Waals surface area contributed by atoms with Gasteiger partial charge in [-0.2, -0.15) is 0 Å². The molecule has 0 bridgehead atoms. The van der Waals surface area contributed by atoms with E-state index in [0.29, 0.717) is 0 Å². The van der Waals surface area contributed by atoms with E-state index in [1.807, 2.05) is 39.8 Å². The standard InChI is InChI=1S/C12H19BO3/c1-9(2)15-13(16-10(3)4)11-5-7-12(14)8-6-11/h5-10,14H,1-4H3. The first-order valence-electron chi connectivity index (χ1n) is 5.59. The highest BCUT2D eigenvalue weighted by Gasteiger charge is 2.23. The van der Waals surface area contributed by atoms with Crippen LogP contribution in [0, 0.1) is 0 Å². The maximum Gasteiger partial charge on any atom is 0.494 e. The van der Waals surface area contributed by atoms with Crippen LogP contribution < -0.4 is 5.46 Å². The molecule has 1 N–H and O–H groups in total. The molecule has 0 atom stereocenters. The molecule has 16 heavy (non-hydrogen) atoms. The lowest BCUT2D eigenvalue weighted by atomic mass is 9.78. The second kappa shape index (κ2) is 5.92. The molecule has 4 heteroatoms. The summed E-state index contributed by atoms with van der Waals surface area (Å²) in [4.78, 5) is 0. The summed E-state index contributed by atoms with van der Waals surface area (Å²) in [5.41, 5.74) is 0.917. The molecule has 1 aromatic rings. The van der Waals surface area contributed by atoms with E-state index in [1.54, 1.807) is 12.1 Å². The fourth-order valence-corrected chi connectivity index (χ4v) is 1.32. The Hall–Kier alpha value is -0.995. The third kappa shape index (κ3) is 4.25. The number of hydrogen-bond donors (Lipinski definition) is 1. The van der Waals surface area contributed by atoms with E-state index in [0.717, 1.165) is 5.46 Å². The fraction of sp³-hybridized carbons (Fsp3) is 0.500. The maximum absolute atomic E-state index is 9.22. The van der Waals surface area contributed by atoms with Crippen LogP contribution in [-0.4, -0.2) is 24.4 Å². The first-order chi connectivity index (χ1) is 7.49. The maximum atomic E-state index is 9.22. The van der Waals surface area contributed by atoms with E-state index >= 15 is 0 Å². The molecule has 0 saturated heterocycles. The lowest BCUT2D eigenvalue weighted by Crippen LogP contribution is -2.40. The van der Waals surface area contributed by atoms with Crippen molar-refractivity contribution in [2.75, 3.05) is 0 Å². The molecule has 0 spiro atoms. The van der Waals surface area contributed by atoms with Crippen LogP contribution in [0.1, 0.15) is 27.7 Å². The molecule has 0 amide bonds. The minimum absolute atomic E-state index is 0.0950. The topological polar surface area (TPSA) is 38.7 Å². The van der Waals surface area contributed by atoms with Crippen LogP contribution in [0.25, 0.3) is 0 Å². The molecule has 0 aliphatic carbocycles. The van der Waals surface area contributed by atoms with Gasteiger partial charge in [-0.3, -0.25) is 0 Å². The molecule has 88 valence electrons. The van der Waals surface area contributed by atoms with Crippen molar-refractivity contribution in [3.63, 3.8) is 0 Å². The molecule has 1 aromatic carbocycles. The number of hydrogen-bond acceptors (Lipinski definition) is 3. The van der Waals surface area contributed by atoms with Crippen LogP contribution in [0.3, 0.4) is 0 Å². The number of phenolic OH excluding ortho intramolecular Hbond substituents is 1. The van der Waals surface area contributed by atoms with Crippen molar-refractivity contribution in [2.24, 2.45) is 0 Å². The van der Waals surface area contributed by atoms with Crippen molar-refractivity contribution >= 4 is 12.6 Å². The molecule has 0 fully saturated rings. The highest BCUT2D eigenvalue weighted by Crippen LogP contribution is 2.07. The molecule has 0 unspecified atom stereocenters. The first-order valence-corrected chi connectivity index (χ1v) is 5.59. The van der Waals surface area contributed by atoms with Crippen molar-refractivity contribution in [2.45, 2.75) is 39.9 Å². The third-order valence-electron chi connectivity index (χ3n) is 1.96. The van der Waals surface area contributed by atoms with Crippen molar-refractivity contribution in [3.05, 3.63) is 24.3 Å². The quantitative estimate of drug-likeness (QED) is 0.773. The van der Waals surface area contributed by atoms with Gasteiger partial charge in [0.15, 0.2) is 0 Å². The second-order valence-electron chi connectivity index (χ2n) is 4.29. The number of rotatable bonds is 5. The summed E-state index contributed by atoms with van der Waals surface area (Å²) in [6.45, 7) is 7.88. The number of benzene rings is 1. The average molecular weight is 222 g/mol. The molecule has 0 aliphatic rings. The Balaban J connectivity index is 2.78. The van der Waals surface area contributed by atoms with Crippen LogP contribution in [0.4, 0.5) is 0 Å². The summed E-state index contributed by atoms with van der Waals surface area (Å²) in [7, 11) is -0.374. The summed E-state index contributed by atoms with van der Waals surface area (Å²) in [6, 6.07) is 6.89. The molecular formula is C12H19BO3. The van der Waals surface area contributed by atoms with Gasteiger partial charge in [-0.05, 0) is 45.3 Å². The summed E-state index contributed by atoms with van der Waals surface area (Å²) in [5, 5.41) is 9.22. The van der Waals surface area contributed by atoms with Crippen molar-refractivity contribution in [1.82, 2.24) is 0 Å². The molecule has 0 heterocycles. The molecular weight excluding hydrogens is 203 g/mol. The molecule has 0 aromatic heterocycles. The Morgan fingerprint density at radius 1 is 0.938 bits per heavy atom. The van der Waals surface area contributed by atoms with E-state index in [1.165, 1.54) is 0 Å². The van der Waals surface area contributed by atoms with Gasteiger partial charge in [0.1, 0.15) is 5.75 Å². The van der Waals surface area contributed by atoms with Gasteiger partial charge in [-0.15, -0.1) is 0 Å². The van der Waals surface area contributed by atoms with Gasteiger partial charge in [-0.25, -0.2) is 0 Å². The minimum atomic E-state index is -0.374. The first kappa shape index (κ1) is 13.1. The van der Waals surface area contributed by atoms with Gasteiger partial charge in [-0.1, -0.05) is 12.1 Å². The zero-order valence-corrected chi connectivity index (χ0v) is 10.3. The lowest BCUT2D eigenvalue weighted by molar-refractivity contribution is 0.139. The summed E-state index contributed by atoms with van der Waals surface area (Å²) < 4.78 is 11.4. The predicted octanol–water partition coefficient (Wildman–Crippen LogP) is 1.94. The Morgan fingerprint density at radius 2 is 1.38 bits per heavy atom. The van der Waals surface area contributed by atoms with E-state index in [-0.39, 0.29) is 25.1 Å². The van der Waals surface area contributed by atoms with Crippen molar-refractivity contribution < 1.29 is 14.4 Å². The molecule has 0 aliphatic heterocycles. The summed E-state index contributed by atoms with van der Waals surface area (Å²) >= 11 is 0. The number of phenols is 1.